The van der Waals surface area contributed by atoms with E-state index in [-0.39, 0.29) is 0 Å². The van der Waals surface area contributed by atoms with Crippen LogP contribution in [0.15, 0.2) is 18.2 Å². The van der Waals surface area contributed by atoms with Gasteiger partial charge >= 0.3 is 0 Å². The first-order chi connectivity index (χ1) is 9.83. The fraction of sp³-hybridized carbons (Fsp3) is 0.667. The molecule has 0 spiro atoms. The van der Waals surface area contributed by atoms with Crippen LogP contribution in [0.3, 0.4) is 0 Å². The van der Waals surface area contributed by atoms with Gasteiger partial charge in [-0.05, 0) is 88.3 Å². The minimum Gasteiger partial charge on any atom is -0.310 e. The summed E-state index contributed by atoms with van der Waals surface area (Å²) in [5, 5.41) is 3.69. The van der Waals surface area contributed by atoms with Crippen molar-refractivity contribution in [2.75, 3.05) is 26.2 Å². The summed E-state index contributed by atoms with van der Waals surface area (Å²) in [4.78, 5) is 2.60. The first-order valence-electron chi connectivity index (χ1n) is 8.40. The Morgan fingerprint density at radius 2 is 1.90 bits per heavy atom. The van der Waals surface area contributed by atoms with E-state index < -0.39 is 0 Å². The van der Waals surface area contributed by atoms with Crippen molar-refractivity contribution in [3.05, 3.63) is 34.9 Å². The average molecular weight is 272 g/mol. The predicted octanol–water partition coefficient (Wildman–Crippen LogP) is 3.31. The lowest BCUT2D eigenvalue weighted by Gasteiger charge is -2.18. The molecule has 1 N–H and O–H groups in total. The van der Waals surface area contributed by atoms with Crippen molar-refractivity contribution in [2.24, 2.45) is 0 Å². The Bertz CT molecular complexity index is 435. The van der Waals surface area contributed by atoms with Crippen molar-refractivity contribution in [1.82, 2.24) is 10.2 Å². The van der Waals surface area contributed by atoms with Crippen LogP contribution in [0, 0.1) is 0 Å². The van der Waals surface area contributed by atoms with E-state index in [2.05, 4.69) is 35.3 Å². The fourth-order valence-corrected chi connectivity index (χ4v) is 3.61. The Morgan fingerprint density at radius 1 is 1.10 bits per heavy atom. The molecular weight excluding hydrogens is 244 g/mol. The van der Waals surface area contributed by atoms with Crippen molar-refractivity contribution in [2.45, 2.75) is 51.5 Å². The molecule has 2 aliphatic rings. The first-order valence-corrected chi connectivity index (χ1v) is 8.40. The van der Waals surface area contributed by atoms with Gasteiger partial charge in [0.25, 0.3) is 0 Å². The molecule has 1 atom stereocenters. The zero-order chi connectivity index (χ0) is 13.8. The maximum absolute atomic E-state index is 3.69. The highest BCUT2D eigenvalue weighted by Crippen LogP contribution is 2.25. The lowest BCUT2D eigenvalue weighted by molar-refractivity contribution is 0.328. The summed E-state index contributed by atoms with van der Waals surface area (Å²) in [6, 6.07) is 7.59. The summed E-state index contributed by atoms with van der Waals surface area (Å²) < 4.78 is 0. The number of rotatable bonds is 6. The van der Waals surface area contributed by atoms with Crippen molar-refractivity contribution in [3.63, 3.8) is 0 Å². The Morgan fingerprint density at radius 3 is 2.75 bits per heavy atom. The molecule has 1 aliphatic heterocycles. The number of aryl methyl sites for hydroxylation is 2. The maximum Gasteiger partial charge on any atom is 0.0291 e. The van der Waals surface area contributed by atoms with Gasteiger partial charge in [0.05, 0.1) is 0 Å². The van der Waals surface area contributed by atoms with Crippen LogP contribution >= 0.6 is 0 Å². The molecule has 0 radical (unpaired) electrons. The molecule has 0 bridgehead atoms. The third-order valence-corrected chi connectivity index (χ3v) is 4.92. The van der Waals surface area contributed by atoms with Crippen LogP contribution < -0.4 is 5.32 Å². The molecule has 0 amide bonds. The third kappa shape index (κ3) is 3.42. The van der Waals surface area contributed by atoms with Gasteiger partial charge in [0.1, 0.15) is 0 Å². The monoisotopic (exact) mass is 272 g/mol. The van der Waals surface area contributed by atoms with Crippen LogP contribution in [-0.2, 0) is 12.8 Å². The van der Waals surface area contributed by atoms with E-state index in [1.165, 1.54) is 63.7 Å². The van der Waals surface area contributed by atoms with Crippen LogP contribution in [-0.4, -0.2) is 31.1 Å². The summed E-state index contributed by atoms with van der Waals surface area (Å²) in [5.74, 6) is 0. The minimum atomic E-state index is 0.486. The summed E-state index contributed by atoms with van der Waals surface area (Å²) >= 11 is 0. The van der Waals surface area contributed by atoms with Gasteiger partial charge in [-0.3, -0.25) is 0 Å². The van der Waals surface area contributed by atoms with Gasteiger partial charge in [0.2, 0.25) is 0 Å². The molecule has 0 unspecified atom stereocenters. The van der Waals surface area contributed by atoms with Crippen molar-refractivity contribution < 1.29 is 0 Å². The largest absolute Gasteiger partial charge is 0.310 e. The number of likely N-dealkylation sites (tertiary alicyclic amines) is 1. The Hall–Kier alpha value is -0.860. The molecule has 1 heterocycles. The van der Waals surface area contributed by atoms with E-state index >= 15 is 0 Å². The van der Waals surface area contributed by atoms with Gasteiger partial charge in [-0.2, -0.15) is 0 Å². The molecule has 0 saturated carbocycles. The molecule has 3 rings (SSSR count). The lowest BCUT2D eigenvalue weighted by Crippen LogP contribution is -2.26. The Labute approximate surface area is 123 Å². The van der Waals surface area contributed by atoms with Crippen LogP contribution in [0.4, 0.5) is 0 Å². The van der Waals surface area contributed by atoms with Gasteiger partial charge in [0.15, 0.2) is 0 Å². The topological polar surface area (TPSA) is 15.3 Å². The lowest BCUT2D eigenvalue weighted by atomic mass is 10.0. The van der Waals surface area contributed by atoms with Crippen molar-refractivity contribution in [1.29, 1.82) is 0 Å². The van der Waals surface area contributed by atoms with Gasteiger partial charge in [0, 0.05) is 6.04 Å². The van der Waals surface area contributed by atoms with E-state index in [0.29, 0.717) is 6.04 Å². The van der Waals surface area contributed by atoms with Gasteiger partial charge < -0.3 is 10.2 Å². The SMILES string of the molecule is C[C@@H](NCCCN1CCCC1)c1ccc2c(c1)CCC2. The molecular formula is C18H28N2. The second kappa shape index (κ2) is 6.73. The van der Waals surface area contributed by atoms with Crippen molar-refractivity contribution in [3.8, 4) is 0 Å². The highest BCUT2D eigenvalue weighted by Gasteiger charge is 2.14. The molecule has 1 aromatic rings. The van der Waals surface area contributed by atoms with Crippen LogP contribution in [0.2, 0.25) is 0 Å². The fourth-order valence-electron chi connectivity index (χ4n) is 3.61. The summed E-state index contributed by atoms with van der Waals surface area (Å²) in [5.41, 5.74) is 4.63. The summed E-state index contributed by atoms with van der Waals surface area (Å²) in [6.45, 7) is 7.34. The van der Waals surface area contributed by atoms with E-state index in [9.17, 15) is 0 Å². The standard InChI is InChI=1S/C18H28N2/c1-15(19-10-5-13-20-11-2-3-12-20)17-9-8-16-6-4-7-18(16)14-17/h8-9,14-15,19H,2-7,10-13H2,1H3/t15-/m1/s1. The van der Waals surface area contributed by atoms with Crippen LogP contribution in [0.5, 0.6) is 0 Å². The number of hydrogen-bond acceptors (Lipinski definition) is 2. The number of nitrogens with one attached hydrogen (secondary N) is 1. The second-order valence-corrected chi connectivity index (χ2v) is 6.46. The smallest absolute Gasteiger partial charge is 0.0291 e. The second-order valence-electron chi connectivity index (χ2n) is 6.46. The number of benzene rings is 1. The van der Waals surface area contributed by atoms with Crippen molar-refractivity contribution >= 4 is 0 Å². The zero-order valence-corrected chi connectivity index (χ0v) is 12.8. The average Bonchev–Trinajstić information content (AvgIpc) is 3.13. The van der Waals surface area contributed by atoms with Gasteiger partial charge in [-0.15, -0.1) is 0 Å². The molecule has 1 aliphatic carbocycles. The quantitative estimate of drug-likeness (QED) is 0.799. The number of hydrogen-bond donors (Lipinski definition) is 1. The number of fused-ring (bicyclic) bond motifs is 1. The molecule has 1 aromatic carbocycles. The summed E-state index contributed by atoms with van der Waals surface area (Å²) in [7, 11) is 0. The normalized spacial score (nSPS) is 20.2. The summed E-state index contributed by atoms with van der Waals surface area (Å²) in [6.07, 6.45) is 7.99. The van der Waals surface area contributed by atoms with E-state index in [0.717, 1.165) is 6.54 Å². The predicted molar refractivity (Wildman–Crippen MR) is 85.2 cm³/mol. The minimum absolute atomic E-state index is 0.486. The molecule has 1 fully saturated rings. The van der Waals surface area contributed by atoms with Crippen LogP contribution in [0.25, 0.3) is 0 Å². The first kappa shape index (κ1) is 14.1. The van der Waals surface area contributed by atoms with Gasteiger partial charge in [-0.25, -0.2) is 0 Å². The molecule has 20 heavy (non-hydrogen) atoms. The molecule has 2 nitrogen and oxygen atoms in total. The molecule has 1 saturated heterocycles. The van der Waals surface area contributed by atoms with Gasteiger partial charge in [-0.1, -0.05) is 18.2 Å². The van der Waals surface area contributed by atoms with E-state index in [1.807, 2.05) is 0 Å². The highest BCUT2D eigenvalue weighted by atomic mass is 15.1. The zero-order valence-electron chi connectivity index (χ0n) is 12.8. The Balaban J connectivity index is 1.43. The maximum atomic E-state index is 3.69. The molecule has 2 heteroatoms. The highest BCUT2D eigenvalue weighted by molar-refractivity contribution is 5.36. The molecule has 0 aromatic heterocycles. The molecule has 110 valence electrons. The van der Waals surface area contributed by atoms with E-state index in [4.69, 9.17) is 0 Å². The van der Waals surface area contributed by atoms with Crippen LogP contribution in [0.1, 0.15) is 55.3 Å². The van der Waals surface area contributed by atoms with E-state index in [1.54, 1.807) is 11.1 Å². The number of nitrogens with zero attached hydrogens (tertiary/aromatic N) is 1. The third-order valence-electron chi connectivity index (χ3n) is 4.92. The Kier molecular flexibility index (Phi) is 4.74.